The molecule has 1 aromatic carbocycles. The lowest BCUT2D eigenvalue weighted by Crippen LogP contribution is -2.46. The summed E-state index contributed by atoms with van der Waals surface area (Å²) in [5.74, 6) is 0.589. The van der Waals surface area contributed by atoms with Gasteiger partial charge in [0.05, 0.1) is 18.8 Å². The molecule has 3 heterocycles. The van der Waals surface area contributed by atoms with Crippen LogP contribution in [-0.2, 0) is 11.2 Å². The van der Waals surface area contributed by atoms with E-state index in [0.29, 0.717) is 5.92 Å². The minimum atomic E-state index is -0.209. The monoisotopic (exact) mass is 400 g/mol. The van der Waals surface area contributed by atoms with E-state index < -0.39 is 0 Å². The Morgan fingerprint density at radius 3 is 2.72 bits per heavy atom. The number of benzene rings is 1. The zero-order valence-electron chi connectivity index (χ0n) is 18.0. The Balaban J connectivity index is 1.30. The number of carbonyl (C=O) groups excluding carboxylic acids is 1. The van der Waals surface area contributed by atoms with E-state index in [-0.39, 0.29) is 23.5 Å². The standard InChI is InChI=1S/C24H36N2O3/c1-3-19-6-4-5-7-21(19)23(28)26-12-9-24(10-13-26)14-20(29-17-24)15-25-11-8-18(2)22(27)16-25/h4-7,18,20,22,27H,3,8-17H2,1-2H3/t18-,20?,22-/m1/s1. The van der Waals surface area contributed by atoms with Crippen molar-refractivity contribution in [2.24, 2.45) is 11.3 Å². The van der Waals surface area contributed by atoms with Crippen LogP contribution < -0.4 is 0 Å². The number of piperidine rings is 2. The molecule has 5 heteroatoms. The average molecular weight is 401 g/mol. The van der Waals surface area contributed by atoms with E-state index in [1.54, 1.807) is 0 Å². The summed E-state index contributed by atoms with van der Waals surface area (Å²) in [4.78, 5) is 17.4. The van der Waals surface area contributed by atoms with Gasteiger partial charge in [0, 0.05) is 31.7 Å². The number of aliphatic hydroxyl groups excluding tert-OH is 1. The number of nitrogens with zero attached hydrogens (tertiary/aromatic N) is 2. The van der Waals surface area contributed by atoms with E-state index in [1.807, 2.05) is 23.1 Å². The number of ether oxygens (including phenoxy) is 1. The number of carbonyl (C=O) groups is 1. The van der Waals surface area contributed by atoms with Crippen LogP contribution in [0.4, 0.5) is 0 Å². The molecule has 4 rings (SSSR count). The number of aliphatic hydroxyl groups is 1. The van der Waals surface area contributed by atoms with Crippen LogP contribution in [-0.4, -0.2) is 72.4 Å². The van der Waals surface area contributed by atoms with Crippen molar-refractivity contribution >= 4 is 5.91 Å². The van der Waals surface area contributed by atoms with Crippen molar-refractivity contribution in [2.75, 3.05) is 39.3 Å². The third kappa shape index (κ3) is 4.52. The fourth-order valence-electron chi connectivity index (χ4n) is 5.32. The van der Waals surface area contributed by atoms with Gasteiger partial charge in [-0.25, -0.2) is 0 Å². The van der Waals surface area contributed by atoms with Crippen molar-refractivity contribution in [1.82, 2.24) is 9.80 Å². The van der Waals surface area contributed by atoms with E-state index in [4.69, 9.17) is 4.74 Å². The fourth-order valence-corrected chi connectivity index (χ4v) is 5.32. The lowest BCUT2D eigenvalue weighted by molar-refractivity contribution is 0.000907. The maximum absolute atomic E-state index is 13.0. The van der Waals surface area contributed by atoms with Crippen molar-refractivity contribution < 1.29 is 14.6 Å². The molecule has 0 aromatic heterocycles. The number of aryl methyl sites for hydroxylation is 1. The summed E-state index contributed by atoms with van der Waals surface area (Å²) >= 11 is 0. The van der Waals surface area contributed by atoms with Crippen molar-refractivity contribution in [2.45, 2.75) is 58.2 Å². The smallest absolute Gasteiger partial charge is 0.254 e. The predicted molar refractivity (Wildman–Crippen MR) is 114 cm³/mol. The Hall–Kier alpha value is -1.43. The highest BCUT2D eigenvalue weighted by molar-refractivity contribution is 5.95. The Morgan fingerprint density at radius 2 is 2.00 bits per heavy atom. The van der Waals surface area contributed by atoms with Crippen LogP contribution in [0.2, 0.25) is 0 Å². The van der Waals surface area contributed by atoms with Crippen LogP contribution in [0.25, 0.3) is 0 Å². The van der Waals surface area contributed by atoms with Crippen molar-refractivity contribution in [3.05, 3.63) is 35.4 Å². The molecular weight excluding hydrogens is 364 g/mol. The van der Waals surface area contributed by atoms with Crippen molar-refractivity contribution in [1.29, 1.82) is 0 Å². The molecule has 1 spiro atoms. The summed E-state index contributed by atoms with van der Waals surface area (Å²) in [7, 11) is 0. The molecule has 3 fully saturated rings. The van der Waals surface area contributed by atoms with Crippen LogP contribution in [0.15, 0.2) is 24.3 Å². The van der Waals surface area contributed by atoms with Crippen LogP contribution >= 0.6 is 0 Å². The predicted octanol–water partition coefficient (Wildman–Crippen LogP) is 2.96. The maximum atomic E-state index is 13.0. The highest BCUT2D eigenvalue weighted by atomic mass is 16.5. The Morgan fingerprint density at radius 1 is 1.24 bits per heavy atom. The number of amides is 1. The Kier molecular flexibility index (Phi) is 6.28. The van der Waals surface area contributed by atoms with Gasteiger partial charge < -0.3 is 14.7 Å². The topological polar surface area (TPSA) is 53.0 Å². The van der Waals surface area contributed by atoms with Gasteiger partial charge in [-0.2, -0.15) is 0 Å². The summed E-state index contributed by atoms with van der Waals surface area (Å²) in [5, 5.41) is 10.2. The summed E-state index contributed by atoms with van der Waals surface area (Å²) in [5.41, 5.74) is 2.23. The molecule has 3 aliphatic rings. The van der Waals surface area contributed by atoms with Crippen molar-refractivity contribution in [3.8, 4) is 0 Å². The minimum Gasteiger partial charge on any atom is -0.392 e. The largest absolute Gasteiger partial charge is 0.392 e. The maximum Gasteiger partial charge on any atom is 0.254 e. The van der Waals surface area contributed by atoms with Gasteiger partial charge in [-0.15, -0.1) is 0 Å². The molecule has 0 radical (unpaired) electrons. The summed E-state index contributed by atoms with van der Waals surface area (Å²) in [6.07, 6.45) is 5.15. The quantitative estimate of drug-likeness (QED) is 0.844. The SMILES string of the molecule is CCc1ccccc1C(=O)N1CCC2(CC1)COC(CN1CC[C@@H](C)[C@H](O)C1)C2. The first kappa shape index (κ1) is 20.8. The first-order valence-corrected chi connectivity index (χ1v) is 11.4. The van der Waals surface area contributed by atoms with Gasteiger partial charge in [-0.3, -0.25) is 9.69 Å². The third-order valence-electron chi connectivity index (χ3n) is 7.49. The van der Waals surface area contributed by atoms with Gasteiger partial charge in [0.25, 0.3) is 5.91 Å². The molecule has 0 aliphatic carbocycles. The summed E-state index contributed by atoms with van der Waals surface area (Å²) in [6, 6.07) is 8.00. The molecule has 3 aliphatic heterocycles. The van der Waals surface area contributed by atoms with E-state index in [2.05, 4.69) is 24.8 Å². The molecule has 1 aromatic rings. The van der Waals surface area contributed by atoms with E-state index in [9.17, 15) is 9.90 Å². The normalized spacial score (nSPS) is 30.0. The van der Waals surface area contributed by atoms with E-state index in [0.717, 1.165) is 82.6 Å². The molecule has 160 valence electrons. The number of hydrogen-bond acceptors (Lipinski definition) is 4. The second-order valence-corrected chi connectivity index (χ2v) is 9.53. The number of β-amino-alcohol motifs (C(OH)–C–C–N with tert-alkyl or cyclic N) is 1. The van der Waals surface area contributed by atoms with Crippen LogP contribution in [0.3, 0.4) is 0 Å². The highest BCUT2D eigenvalue weighted by Crippen LogP contribution is 2.42. The molecule has 0 bridgehead atoms. The Bertz CT molecular complexity index is 714. The molecule has 29 heavy (non-hydrogen) atoms. The molecule has 3 saturated heterocycles. The van der Waals surface area contributed by atoms with E-state index >= 15 is 0 Å². The van der Waals surface area contributed by atoms with Gasteiger partial charge in [0.2, 0.25) is 0 Å². The molecule has 1 N–H and O–H groups in total. The fraction of sp³-hybridized carbons (Fsp3) is 0.708. The van der Waals surface area contributed by atoms with Gasteiger partial charge in [0.1, 0.15) is 0 Å². The first-order valence-electron chi connectivity index (χ1n) is 11.4. The number of hydrogen-bond donors (Lipinski definition) is 1. The molecule has 1 amide bonds. The molecule has 3 atom stereocenters. The second kappa shape index (κ2) is 8.75. The van der Waals surface area contributed by atoms with E-state index in [1.165, 1.54) is 0 Å². The lowest BCUT2D eigenvalue weighted by atomic mass is 9.76. The third-order valence-corrected chi connectivity index (χ3v) is 7.49. The zero-order chi connectivity index (χ0) is 20.4. The van der Waals surface area contributed by atoms with Gasteiger partial charge >= 0.3 is 0 Å². The Labute approximate surface area is 175 Å². The lowest BCUT2D eigenvalue weighted by Gasteiger charge is -2.39. The molecule has 1 unspecified atom stereocenters. The van der Waals surface area contributed by atoms with Crippen molar-refractivity contribution in [3.63, 3.8) is 0 Å². The van der Waals surface area contributed by atoms with Gasteiger partial charge in [0.15, 0.2) is 0 Å². The highest BCUT2D eigenvalue weighted by Gasteiger charge is 2.43. The molecule has 5 nitrogen and oxygen atoms in total. The average Bonchev–Trinajstić information content (AvgIpc) is 3.12. The summed E-state index contributed by atoms with van der Waals surface area (Å²) < 4.78 is 6.20. The zero-order valence-corrected chi connectivity index (χ0v) is 18.0. The summed E-state index contributed by atoms with van der Waals surface area (Å²) in [6.45, 7) is 9.47. The van der Waals surface area contributed by atoms with Gasteiger partial charge in [-0.05, 0) is 61.6 Å². The molecular formula is C24H36N2O3. The molecule has 0 saturated carbocycles. The first-order chi connectivity index (χ1) is 14.0. The number of rotatable bonds is 4. The van der Waals surface area contributed by atoms with Crippen LogP contribution in [0, 0.1) is 11.3 Å². The minimum absolute atomic E-state index is 0.184. The number of likely N-dealkylation sites (tertiary alicyclic amines) is 2. The van der Waals surface area contributed by atoms with Crippen LogP contribution in [0.1, 0.15) is 55.5 Å². The van der Waals surface area contributed by atoms with Gasteiger partial charge in [-0.1, -0.05) is 32.0 Å². The van der Waals surface area contributed by atoms with Crippen LogP contribution in [0.5, 0.6) is 0 Å². The second-order valence-electron chi connectivity index (χ2n) is 9.53.